The van der Waals surface area contributed by atoms with Gasteiger partial charge in [0.1, 0.15) is 11.2 Å². The zero-order chi connectivity index (χ0) is 37.6. The number of hydrogen-bond donors (Lipinski definition) is 0. The SMILES string of the molecule is [2H]c1c([2H])c([2H])c(-c2c([2H])c([2H])c([2H])c(-c3c4ccccc4c(-c4ccc5oc6cc(-c7ccccc7)ccc6c5c4)c4ccccc34)c2[2H])c([2H])c1[2H]. The van der Waals surface area contributed by atoms with Crippen LogP contribution < -0.4 is 0 Å². The van der Waals surface area contributed by atoms with Crippen LogP contribution in [0.2, 0.25) is 0 Å². The molecule has 210 valence electrons. The van der Waals surface area contributed by atoms with Crippen LogP contribution in [0.15, 0.2) is 174 Å². The van der Waals surface area contributed by atoms with Gasteiger partial charge in [0.15, 0.2) is 0 Å². The predicted octanol–water partition coefficient (Wildman–Crippen LogP) is 12.6. The highest BCUT2D eigenvalue weighted by molar-refractivity contribution is 6.22. The summed E-state index contributed by atoms with van der Waals surface area (Å²) in [6.45, 7) is 0. The van der Waals surface area contributed by atoms with Crippen LogP contribution >= 0.6 is 0 Å². The first kappa shape index (κ1) is 18.0. The van der Waals surface area contributed by atoms with E-state index in [1.54, 1.807) is 0 Å². The lowest BCUT2D eigenvalue weighted by molar-refractivity contribution is 0.669. The minimum Gasteiger partial charge on any atom is -0.456 e. The Morgan fingerprint density at radius 3 is 1.67 bits per heavy atom. The minimum absolute atomic E-state index is 0.0438. The quantitative estimate of drug-likeness (QED) is 0.188. The zero-order valence-corrected chi connectivity index (χ0v) is 23.9. The molecular formula is C44H28O. The summed E-state index contributed by atoms with van der Waals surface area (Å²) in [6.07, 6.45) is 0. The molecule has 0 radical (unpaired) electrons. The second-order valence-electron chi connectivity index (χ2n) is 11.0. The van der Waals surface area contributed by atoms with E-state index in [9.17, 15) is 1.37 Å². The molecule has 1 heterocycles. The van der Waals surface area contributed by atoms with E-state index >= 15 is 0 Å². The van der Waals surface area contributed by atoms with Gasteiger partial charge in [-0.25, -0.2) is 0 Å². The Hall–Kier alpha value is -5.92. The van der Waals surface area contributed by atoms with E-state index in [0.29, 0.717) is 16.3 Å². The molecule has 0 fully saturated rings. The molecule has 1 aromatic heterocycles. The van der Waals surface area contributed by atoms with Crippen LogP contribution in [0.25, 0.3) is 88.0 Å². The maximum atomic E-state index is 9.51. The first-order valence-electron chi connectivity index (χ1n) is 19.2. The molecule has 0 unspecified atom stereocenters. The van der Waals surface area contributed by atoms with Crippen molar-refractivity contribution in [2.45, 2.75) is 0 Å². The molecule has 0 aliphatic rings. The number of furan rings is 1. The van der Waals surface area contributed by atoms with Crippen molar-refractivity contribution in [3.63, 3.8) is 0 Å². The predicted molar refractivity (Wildman–Crippen MR) is 190 cm³/mol. The lowest BCUT2D eigenvalue weighted by Gasteiger charge is -2.18. The van der Waals surface area contributed by atoms with Crippen molar-refractivity contribution in [3.05, 3.63) is 170 Å². The van der Waals surface area contributed by atoms with Gasteiger partial charge < -0.3 is 4.42 Å². The van der Waals surface area contributed by atoms with E-state index in [2.05, 4.69) is 36.4 Å². The van der Waals surface area contributed by atoms with Crippen LogP contribution in [0.1, 0.15) is 12.3 Å². The van der Waals surface area contributed by atoms with Gasteiger partial charge >= 0.3 is 0 Å². The van der Waals surface area contributed by atoms with Gasteiger partial charge in [-0.2, -0.15) is 0 Å². The summed E-state index contributed by atoms with van der Waals surface area (Å²) in [4.78, 5) is 0. The Morgan fingerprint density at radius 1 is 0.356 bits per heavy atom. The fourth-order valence-corrected chi connectivity index (χ4v) is 6.42. The standard InChI is InChI=1S/C44H28O/c1-3-12-29(13-4-1)31-16-11-17-33(26-31)43-36-18-7-9-20-38(36)44(39-21-10-8-19-37(39)43)34-23-25-41-40(27-34)35-24-22-32(28-42(35)45-41)30-14-5-2-6-15-30/h1-28H/i1D,3D,4D,11D,12D,13D,16D,17D,26D. The lowest BCUT2D eigenvalue weighted by atomic mass is 9.85. The molecule has 1 nitrogen and oxygen atoms in total. The minimum atomic E-state index is -0.605. The van der Waals surface area contributed by atoms with E-state index in [0.717, 1.165) is 55.0 Å². The molecule has 9 rings (SSSR count). The smallest absolute Gasteiger partial charge is 0.136 e. The van der Waals surface area contributed by atoms with Crippen LogP contribution in [0.3, 0.4) is 0 Å². The third kappa shape index (κ3) is 4.24. The van der Waals surface area contributed by atoms with E-state index in [4.69, 9.17) is 15.4 Å². The molecule has 0 bridgehead atoms. The monoisotopic (exact) mass is 581 g/mol. The van der Waals surface area contributed by atoms with Crippen molar-refractivity contribution < 1.29 is 16.8 Å². The lowest BCUT2D eigenvalue weighted by Crippen LogP contribution is -1.91. The maximum Gasteiger partial charge on any atom is 0.136 e. The second-order valence-corrected chi connectivity index (χ2v) is 11.0. The van der Waals surface area contributed by atoms with Gasteiger partial charge in [0.25, 0.3) is 0 Å². The Kier molecular flexibility index (Phi) is 4.15. The molecule has 45 heavy (non-hydrogen) atoms. The number of benzene rings is 8. The molecule has 0 aliphatic heterocycles. The second kappa shape index (κ2) is 10.4. The summed E-state index contributed by atoms with van der Waals surface area (Å²) in [6, 6.07) is 33.1. The summed E-state index contributed by atoms with van der Waals surface area (Å²) in [5.74, 6) is 0. The highest BCUT2D eigenvalue weighted by atomic mass is 16.3. The number of hydrogen-bond acceptors (Lipinski definition) is 1. The first-order chi connectivity index (χ1) is 26.1. The Balaban J connectivity index is 1.33. The van der Waals surface area contributed by atoms with Crippen LogP contribution in [0.4, 0.5) is 0 Å². The van der Waals surface area contributed by atoms with E-state index in [1.807, 2.05) is 78.9 Å². The van der Waals surface area contributed by atoms with Gasteiger partial charge in [0.2, 0.25) is 0 Å². The molecule has 0 N–H and O–H groups in total. The third-order valence-electron chi connectivity index (χ3n) is 8.42. The normalized spacial score (nSPS) is 14.4. The molecule has 0 atom stereocenters. The van der Waals surface area contributed by atoms with Crippen molar-refractivity contribution in [1.29, 1.82) is 0 Å². The molecule has 0 saturated heterocycles. The molecule has 8 aromatic carbocycles. The molecule has 9 aromatic rings. The average molecular weight is 582 g/mol. The fourth-order valence-electron chi connectivity index (χ4n) is 6.42. The van der Waals surface area contributed by atoms with Crippen LogP contribution in [0, 0.1) is 0 Å². The van der Waals surface area contributed by atoms with Crippen molar-refractivity contribution in [2.75, 3.05) is 0 Å². The Labute approximate surface area is 274 Å². The zero-order valence-electron chi connectivity index (χ0n) is 32.9. The van der Waals surface area contributed by atoms with E-state index < -0.39 is 42.3 Å². The maximum absolute atomic E-state index is 9.51. The van der Waals surface area contributed by atoms with Crippen molar-refractivity contribution in [1.82, 2.24) is 0 Å². The van der Waals surface area contributed by atoms with E-state index in [-0.39, 0.29) is 28.8 Å². The summed E-state index contributed by atoms with van der Waals surface area (Å²) in [5, 5.41) is 4.98. The Morgan fingerprint density at radius 2 is 0.956 bits per heavy atom. The molecular weight excluding hydrogens is 544 g/mol. The average Bonchev–Trinajstić information content (AvgIpc) is 3.57. The van der Waals surface area contributed by atoms with Crippen molar-refractivity contribution in [2.24, 2.45) is 0 Å². The van der Waals surface area contributed by atoms with Crippen molar-refractivity contribution in [3.8, 4) is 44.5 Å². The summed E-state index contributed by atoms with van der Waals surface area (Å²) in [5.41, 5.74) is 5.44. The van der Waals surface area contributed by atoms with Gasteiger partial charge in [-0.15, -0.1) is 0 Å². The van der Waals surface area contributed by atoms with Crippen LogP contribution in [-0.2, 0) is 0 Å². The summed E-state index contributed by atoms with van der Waals surface area (Å²) >= 11 is 0. The van der Waals surface area contributed by atoms with Gasteiger partial charge in [-0.3, -0.25) is 0 Å². The van der Waals surface area contributed by atoms with Gasteiger partial charge in [0, 0.05) is 10.8 Å². The highest BCUT2D eigenvalue weighted by Crippen LogP contribution is 2.45. The number of fused-ring (bicyclic) bond motifs is 5. The molecule has 0 saturated carbocycles. The van der Waals surface area contributed by atoms with Crippen LogP contribution in [0.5, 0.6) is 0 Å². The Bertz CT molecular complexity index is 2960. The van der Waals surface area contributed by atoms with Gasteiger partial charge in [-0.05, 0) is 96.4 Å². The highest BCUT2D eigenvalue weighted by Gasteiger charge is 2.18. The largest absolute Gasteiger partial charge is 0.456 e. The molecule has 1 heteroatoms. The topological polar surface area (TPSA) is 13.1 Å². The van der Waals surface area contributed by atoms with Crippen molar-refractivity contribution >= 4 is 43.5 Å². The van der Waals surface area contributed by atoms with Crippen LogP contribution in [-0.4, -0.2) is 0 Å². The van der Waals surface area contributed by atoms with E-state index in [1.165, 1.54) is 0 Å². The third-order valence-corrected chi connectivity index (χ3v) is 8.42. The first-order valence-corrected chi connectivity index (χ1v) is 14.7. The molecule has 0 spiro atoms. The fraction of sp³-hybridized carbons (Fsp3) is 0. The number of rotatable bonds is 4. The summed E-state index contributed by atoms with van der Waals surface area (Å²) in [7, 11) is 0. The molecule has 0 aliphatic carbocycles. The van der Waals surface area contributed by atoms with Gasteiger partial charge in [-0.1, -0.05) is 139 Å². The summed E-state index contributed by atoms with van der Waals surface area (Å²) < 4.78 is 84.6. The molecule has 0 amide bonds. The van der Waals surface area contributed by atoms with Gasteiger partial charge in [0.05, 0.1) is 12.3 Å².